The van der Waals surface area contributed by atoms with E-state index in [0.717, 1.165) is 37.4 Å². The van der Waals surface area contributed by atoms with E-state index in [4.69, 9.17) is 4.98 Å². The minimum absolute atomic E-state index is 0.0747. The van der Waals surface area contributed by atoms with Crippen LogP contribution in [0.25, 0.3) is 11.1 Å². The molecule has 228 valence electrons. The maximum absolute atomic E-state index is 13.4. The number of sulfonamides is 1. The van der Waals surface area contributed by atoms with Crippen molar-refractivity contribution in [1.29, 1.82) is 5.26 Å². The number of likely N-dealkylation sites (N-methyl/N-ethyl adjacent to an activating group) is 1. The number of hydrogen-bond acceptors (Lipinski definition) is 9. The van der Waals surface area contributed by atoms with Crippen molar-refractivity contribution in [2.24, 2.45) is 0 Å². The number of anilines is 5. The highest BCUT2D eigenvalue weighted by Crippen LogP contribution is 2.32. The molecule has 4 aromatic rings. The number of nitrogens with zero attached hydrogens (tertiary/aromatic N) is 5. The van der Waals surface area contributed by atoms with Crippen molar-refractivity contribution in [3.8, 4) is 17.2 Å². The van der Waals surface area contributed by atoms with Gasteiger partial charge in [0.05, 0.1) is 16.5 Å². The number of nitrogens with one attached hydrogen (secondary N) is 3. The summed E-state index contributed by atoms with van der Waals surface area (Å²) in [7, 11) is -1.74. The second-order valence-electron chi connectivity index (χ2n) is 12.1. The molecule has 11 heteroatoms. The lowest BCUT2D eigenvalue weighted by Crippen LogP contribution is -2.44. The molecule has 44 heavy (non-hydrogen) atoms. The van der Waals surface area contributed by atoms with Crippen LogP contribution in [0.4, 0.5) is 28.8 Å². The van der Waals surface area contributed by atoms with Gasteiger partial charge in [-0.1, -0.05) is 18.2 Å². The Labute approximate surface area is 259 Å². The van der Waals surface area contributed by atoms with Crippen molar-refractivity contribution >= 4 is 38.9 Å². The second kappa shape index (κ2) is 12.6. The Bertz CT molecular complexity index is 1790. The summed E-state index contributed by atoms with van der Waals surface area (Å²) in [6.07, 6.45) is 1.71. The molecule has 0 radical (unpaired) electrons. The number of hydrogen-bond donors (Lipinski definition) is 3. The van der Waals surface area contributed by atoms with Crippen LogP contribution < -0.4 is 20.3 Å². The lowest BCUT2D eigenvalue weighted by molar-refractivity contribution is 0.313. The van der Waals surface area contributed by atoms with Gasteiger partial charge in [0.2, 0.25) is 16.0 Å². The third-order valence-electron chi connectivity index (χ3n) is 7.24. The third-order valence-corrected chi connectivity index (χ3v) is 8.98. The normalized spacial score (nSPS) is 14.2. The van der Waals surface area contributed by atoms with E-state index in [9.17, 15) is 13.7 Å². The predicted octanol–water partition coefficient (Wildman–Crippen LogP) is 5.64. The fraction of sp³-hybridized carbons (Fsp3) is 0.303. The topological polar surface area (TPSA) is 126 Å². The molecule has 0 atom stereocenters. The fourth-order valence-corrected chi connectivity index (χ4v) is 6.48. The average molecular weight is 611 g/mol. The summed E-state index contributed by atoms with van der Waals surface area (Å²) in [5, 5.41) is 16.3. The van der Waals surface area contributed by atoms with Crippen molar-refractivity contribution in [3.05, 3.63) is 84.1 Å². The quantitative estimate of drug-likeness (QED) is 0.232. The van der Waals surface area contributed by atoms with E-state index < -0.39 is 15.6 Å². The number of benzene rings is 3. The maximum atomic E-state index is 13.4. The van der Waals surface area contributed by atoms with Crippen LogP contribution in [-0.2, 0) is 10.0 Å². The van der Waals surface area contributed by atoms with E-state index in [1.807, 2.05) is 31.2 Å². The molecule has 0 saturated carbocycles. The van der Waals surface area contributed by atoms with Crippen LogP contribution in [0, 0.1) is 18.3 Å². The lowest BCUT2D eigenvalue weighted by atomic mass is 10.00. The van der Waals surface area contributed by atoms with E-state index in [-0.39, 0.29) is 4.90 Å². The van der Waals surface area contributed by atoms with Crippen LogP contribution in [-0.4, -0.2) is 62.1 Å². The first-order valence-corrected chi connectivity index (χ1v) is 16.0. The third kappa shape index (κ3) is 7.52. The maximum Gasteiger partial charge on any atom is 0.241 e. The van der Waals surface area contributed by atoms with Crippen molar-refractivity contribution in [2.45, 2.75) is 38.1 Å². The van der Waals surface area contributed by atoms with E-state index in [0.29, 0.717) is 34.1 Å². The Morgan fingerprint density at radius 1 is 0.909 bits per heavy atom. The van der Waals surface area contributed by atoms with Crippen molar-refractivity contribution in [3.63, 3.8) is 0 Å². The van der Waals surface area contributed by atoms with Gasteiger partial charge in [0, 0.05) is 60.5 Å². The average Bonchev–Trinajstić information content (AvgIpc) is 2.98. The van der Waals surface area contributed by atoms with E-state index >= 15 is 0 Å². The van der Waals surface area contributed by atoms with Gasteiger partial charge >= 0.3 is 0 Å². The minimum atomic E-state index is -3.88. The van der Waals surface area contributed by atoms with Crippen LogP contribution in [0.3, 0.4) is 0 Å². The van der Waals surface area contributed by atoms with Crippen LogP contribution in [0.5, 0.6) is 0 Å². The van der Waals surface area contributed by atoms with Crippen LogP contribution in [0.1, 0.15) is 31.9 Å². The largest absolute Gasteiger partial charge is 0.369 e. The molecule has 1 aromatic heterocycles. The molecule has 1 aliphatic heterocycles. The summed E-state index contributed by atoms with van der Waals surface area (Å²) < 4.78 is 29.5. The summed E-state index contributed by atoms with van der Waals surface area (Å²) >= 11 is 0. The van der Waals surface area contributed by atoms with Crippen LogP contribution in [0.2, 0.25) is 0 Å². The molecule has 0 spiro atoms. The molecular weight excluding hydrogens is 572 g/mol. The summed E-state index contributed by atoms with van der Waals surface area (Å²) in [4.78, 5) is 13.9. The summed E-state index contributed by atoms with van der Waals surface area (Å²) in [6, 6.07) is 22.5. The first-order valence-electron chi connectivity index (χ1n) is 14.5. The molecule has 0 amide bonds. The molecule has 0 bridgehead atoms. The summed E-state index contributed by atoms with van der Waals surface area (Å²) in [5.74, 6) is 0.924. The number of aromatic nitrogens is 2. The number of piperazine rings is 1. The van der Waals surface area contributed by atoms with Gasteiger partial charge < -0.3 is 20.4 Å². The van der Waals surface area contributed by atoms with Gasteiger partial charge in [-0.05, 0) is 94.4 Å². The van der Waals surface area contributed by atoms with Crippen molar-refractivity contribution < 1.29 is 8.42 Å². The Morgan fingerprint density at radius 2 is 1.61 bits per heavy atom. The number of nitriles is 1. The lowest BCUT2D eigenvalue weighted by Gasteiger charge is -2.34. The van der Waals surface area contributed by atoms with Gasteiger partial charge in [-0.25, -0.2) is 18.1 Å². The number of rotatable bonds is 8. The summed E-state index contributed by atoms with van der Waals surface area (Å²) in [6.45, 7) is 11.3. The molecular formula is C33H38N8O2S. The Balaban J connectivity index is 1.44. The Hall–Kier alpha value is -4.50. The molecule has 10 nitrogen and oxygen atoms in total. The first kappa shape index (κ1) is 30.9. The monoisotopic (exact) mass is 610 g/mol. The van der Waals surface area contributed by atoms with Gasteiger partial charge in [-0.2, -0.15) is 10.2 Å². The minimum Gasteiger partial charge on any atom is -0.369 e. The van der Waals surface area contributed by atoms with Gasteiger partial charge in [0.15, 0.2) is 0 Å². The van der Waals surface area contributed by atoms with E-state index in [1.54, 1.807) is 57.3 Å². The fourth-order valence-electron chi connectivity index (χ4n) is 4.99. The predicted molar refractivity (Wildman–Crippen MR) is 176 cm³/mol. The van der Waals surface area contributed by atoms with Crippen LogP contribution in [0.15, 0.2) is 77.8 Å². The van der Waals surface area contributed by atoms with Crippen LogP contribution >= 0.6 is 0 Å². The highest BCUT2D eigenvalue weighted by atomic mass is 32.2. The zero-order chi connectivity index (χ0) is 31.5. The smallest absolute Gasteiger partial charge is 0.241 e. The molecule has 2 heterocycles. The van der Waals surface area contributed by atoms with E-state index in [2.05, 4.69) is 55.4 Å². The molecule has 3 aromatic carbocycles. The summed E-state index contributed by atoms with van der Waals surface area (Å²) in [5.41, 5.74) is 4.31. The highest BCUT2D eigenvalue weighted by molar-refractivity contribution is 7.89. The molecule has 0 aliphatic carbocycles. The zero-order valence-corrected chi connectivity index (χ0v) is 26.5. The zero-order valence-electron chi connectivity index (χ0n) is 25.7. The molecule has 5 rings (SSSR count). The first-order chi connectivity index (χ1) is 20.9. The molecule has 1 aliphatic rings. The van der Waals surface area contributed by atoms with Crippen molar-refractivity contribution in [1.82, 2.24) is 19.6 Å². The second-order valence-corrected chi connectivity index (χ2v) is 13.8. The standard InChI is InChI=1S/C33H38N8O2S/c1-23-22-35-32(37-26-10-12-28(13-11-26)41-16-14-40(5)15-17-41)38-31(23)36-27-18-25(30-9-7-6-8-24(30)21-34)19-29(20-27)44(42,43)39-33(2,3)4/h6-13,18-20,22,39H,14-17H2,1-5H3,(H2,35,36,37,38). The van der Waals surface area contributed by atoms with Gasteiger partial charge in [-0.15, -0.1) is 0 Å². The van der Waals surface area contributed by atoms with E-state index in [1.165, 1.54) is 5.69 Å². The molecule has 1 fully saturated rings. The number of aryl methyl sites for hydroxylation is 1. The Morgan fingerprint density at radius 3 is 2.30 bits per heavy atom. The van der Waals surface area contributed by atoms with Gasteiger partial charge in [0.25, 0.3) is 0 Å². The Kier molecular flexibility index (Phi) is 8.87. The van der Waals surface area contributed by atoms with Crippen molar-refractivity contribution in [2.75, 3.05) is 48.8 Å². The van der Waals surface area contributed by atoms with Gasteiger partial charge in [0.1, 0.15) is 5.82 Å². The molecule has 1 saturated heterocycles. The molecule has 3 N–H and O–H groups in total. The highest BCUT2D eigenvalue weighted by Gasteiger charge is 2.24. The molecule has 0 unspecified atom stereocenters. The SMILES string of the molecule is Cc1cnc(Nc2ccc(N3CCN(C)CC3)cc2)nc1Nc1cc(-c2ccccc2C#N)cc(S(=O)(=O)NC(C)(C)C)c1. The van der Waals surface area contributed by atoms with Gasteiger partial charge in [-0.3, -0.25) is 0 Å².